The molecule has 2 aromatic rings. The largest absolute Gasteiger partial charge is 0.495 e. The molecule has 2 nitrogen and oxygen atoms in total. The van der Waals surface area contributed by atoms with Crippen molar-refractivity contribution in [2.24, 2.45) is 0 Å². The van der Waals surface area contributed by atoms with Gasteiger partial charge in [0, 0.05) is 18.3 Å². The Hall–Kier alpha value is -1.48. The Morgan fingerprint density at radius 2 is 1.89 bits per heavy atom. The number of halogens is 1. The van der Waals surface area contributed by atoms with E-state index in [0.29, 0.717) is 5.92 Å². The maximum absolute atomic E-state index is 5.29. The molecule has 0 aliphatic heterocycles. The van der Waals surface area contributed by atoms with Gasteiger partial charge in [-0.2, -0.15) is 0 Å². The molecule has 0 aliphatic rings. The lowest BCUT2D eigenvalue weighted by atomic mass is 10.0. The summed E-state index contributed by atoms with van der Waals surface area (Å²) in [6.45, 7) is 3.12. The Balaban J connectivity index is 1.99. The van der Waals surface area contributed by atoms with E-state index in [1.807, 2.05) is 24.3 Å². The quantitative estimate of drug-likeness (QED) is 0.864. The topological polar surface area (TPSA) is 21.3 Å². The van der Waals surface area contributed by atoms with Gasteiger partial charge in [-0.15, -0.1) is 0 Å². The average Bonchev–Trinajstić information content (AvgIpc) is 2.47. The van der Waals surface area contributed by atoms with Crippen molar-refractivity contribution >= 4 is 21.6 Å². The molecule has 1 N–H and O–H groups in total. The van der Waals surface area contributed by atoms with Crippen LogP contribution in [-0.2, 0) is 0 Å². The van der Waals surface area contributed by atoms with Crippen LogP contribution in [0.2, 0.25) is 0 Å². The van der Waals surface area contributed by atoms with Gasteiger partial charge < -0.3 is 10.1 Å². The zero-order chi connectivity index (χ0) is 13.7. The number of hydrogen-bond acceptors (Lipinski definition) is 2. The number of nitrogens with one attached hydrogen (secondary N) is 1. The van der Waals surface area contributed by atoms with Gasteiger partial charge in [0.15, 0.2) is 0 Å². The van der Waals surface area contributed by atoms with Crippen molar-refractivity contribution in [3.8, 4) is 5.75 Å². The third-order valence-corrected chi connectivity index (χ3v) is 3.79. The third-order valence-electron chi connectivity index (χ3n) is 3.13. The highest BCUT2D eigenvalue weighted by Gasteiger charge is 2.06. The minimum atomic E-state index is 0.468. The molecule has 0 saturated carbocycles. The summed E-state index contributed by atoms with van der Waals surface area (Å²) in [5, 5.41) is 3.44. The molecule has 0 saturated heterocycles. The van der Waals surface area contributed by atoms with E-state index < -0.39 is 0 Å². The van der Waals surface area contributed by atoms with Gasteiger partial charge in [-0.05, 0) is 39.5 Å². The zero-order valence-corrected chi connectivity index (χ0v) is 12.8. The van der Waals surface area contributed by atoms with Gasteiger partial charge in [-0.3, -0.25) is 0 Å². The lowest BCUT2D eigenvalue weighted by Crippen LogP contribution is -2.09. The Morgan fingerprint density at radius 3 is 2.58 bits per heavy atom. The maximum Gasteiger partial charge on any atom is 0.135 e. The smallest absolute Gasteiger partial charge is 0.135 e. The molecular weight excluding hydrogens is 302 g/mol. The predicted molar refractivity (Wildman–Crippen MR) is 84.0 cm³/mol. The summed E-state index contributed by atoms with van der Waals surface area (Å²) in [5.41, 5.74) is 2.42. The molecule has 0 fully saturated rings. The van der Waals surface area contributed by atoms with Crippen LogP contribution < -0.4 is 10.1 Å². The number of rotatable bonds is 5. The monoisotopic (exact) mass is 319 g/mol. The van der Waals surface area contributed by atoms with Crippen LogP contribution in [-0.4, -0.2) is 13.7 Å². The first-order valence-corrected chi connectivity index (χ1v) is 7.12. The van der Waals surface area contributed by atoms with Gasteiger partial charge in [0.1, 0.15) is 5.75 Å². The summed E-state index contributed by atoms with van der Waals surface area (Å²) in [4.78, 5) is 0. The summed E-state index contributed by atoms with van der Waals surface area (Å²) in [7, 11) is 1.68. The molecule has 0 radical (unpaired) electrons. The minimum Gasteiger partial charge on any atom is -0.495 e. The van der Waals surface area contributed by atoms with Crippen molar-refractivity contribution in [3.63, 3.8) is 0 Å². The van der Waals surface area contributed by atoms with Crippen LogP contribution in [0, 0.1) is 0 Å². The van der Waals surface area contributed by atoms with Gasteiger partial charge in [-0.1, -0.05) is 37.3 Å². The highest BCUT2D eigenvalue weighted by atomic mass is 79.9. The van der Waals surface area contributed by atoms with Crippen LogP contribution in [0.25, 0.3) is 0 Å². The third kappa shape index (κ3) is 3.74. The average molecular weight is 320 g/mol. The van der Waals surface area contributed by atoms with E-state index >= 15 is 0 Å². The van der Waals surface area contributed by atoms with E-state index in [1.165, 1.54) is 5.56 Å². The Labute approximate surface area is 122 Å². The van der Waals surface area contributed by atoms with Crippen molar-refractivity contribution in [1.29, 1.82) is 0 Å². The summed E-state index contributed by atoms with van der Waals surface area (Å²) in [6.07, 6.45) is 0. The molecule has 0 aliphatic carbocycles. The van der Waals surface area contributed by atoms with E-state index in [1.54, 1.807) is 7.11 Å². The van der Waals surface area contributed by atoms with E-state index in [9.17, 15) is 0 Å². The lowest BCUT2D eigenvalue weighted by molar-refractivity contribution is 0.412. The zero-order valence-electron chi connectivity index (χ0n) is 11.2. The van der Waals surface area contributed by atoms with Crippen LogP contribution in [0.1, 0.15) is 18.4 Å². The molecule has 2 rings (SSSR count). The second kappa shape index (κ2) is 6.62. The molecule has 0 bridgehead atoms. The summed E-state index contributed by atoms with van der Waals surface area (Å²) in [6, 6.07) is 16.6. The highest BCUT2D eigenvalue weighted by Crippen LogP contribution is 2.28. The summed E-state index contributed by atoms with van der Waals surface area (Å²) < 4.78 is 6.26. The molecule has 100 valence electrons. The van der Waals surface area contributed by atoms with Crippen molar-refractivity contribution in [2.45, 2.75) is 12.8 Å². The Kier molecular flexibility index (Phi) is 4.86. The first-order chi connectivity index (χ1) is 9.20. The Morgan fingerprint density at radius 1 is 1.16 bits per heavy atom. The van der Waals surface area contributed by atoms with E-state index in [-0.39, 0.29) is 0 Å². The fraction of sp³-hybridized carbons (Fsp3) is 0.250. The van der Waals surface area contributed by atoms with Crippen molar-refractivity contribution in [1.82, 2.24) is 0 Å². The van der Waals surface area contributed by atoms with Gasteiger partial charge >= 0.3 is 0 Å². The molecular formula is C16H18BrNO. The SMILES string of the molecule is COc1cc(NCC(C)c2ccccc2)ccc1Br. The van der Waals surface area contributed by atoms with E-state index in [2.05, 4.69) is 52.4 Å². The fourth-order valence-corrected chi connectivity index (χ4v) is 2.35. The number of methoxy groups -OCH3 is 1. The summed E-state index contributed by atoms with van der Waals surface area (Å²) >= 11 is 3.45. The molecule has 0 amide bonds. The number of benzene rings is 2. The molecule has 19 heavy (non-hydrogen) atoms. The molecule has 0 spiro atoms. The van der Waals surface area contributed by atoms with Crippen molar-refractivity contribution in [3.05, 3.63) is 58.6 Å². The van der Waals surface area contributed by atoms with Crippen LogP contribution in [0.5, 0.6) is 5.75 Å². The lowest BCUT2D eigenvalue weighted by Gasteiger charge is -2.15. The normalized spacial score (nSPS) is 11.9. The van der Waals surface area contributed by atoms with Crippen LogP contribution in [0.4, 0.5) is 5.69 Å². The molecule has 0 heterocycles. The van der Waals surface area contributed by atoms with Gasteiger partial charge in [-0.25, -0.2) is 0 Å². The molecule has 0 aromatic heterocycles. The van der Waals surface area contributed by atoms with Gasteiger partial charge in [0.25, 0.3) is 0 Å². The number of hydrogen-bond donors (Lipinski definition) is 1. The number of ether oxygens (including phenoxy) is 1. The van der Waals surface area contributed by atoms with E-state index in [4.69, 9.17) is 4.74 Å². The first kappa shape index (κ1) is 13.9. The van der Waals surface area contributed by atoms with Gasteiger partial charge in [0.05, 0.1) is 11.6 Å². The van der Waals surface area contributed by atoms with Crippen molar-refractivity contribution in [2.75, 3.05) is 19.0 Å². The second-order valence-electron chi connectivity index (χ2n) is 4.54. The first-order valence-electron chi connectivity index (χ1n) is 6.33. The number of anilines is 1. The minimum absolute atomic E-state index is 0.468. The van der Waals surface area contributed by atoms with Crippen LogP contribution in [0.3, 0.4) is 0 Å². The van der Waals surface area contributed by atoms with Crippen LogP contribution >= 0.6 is 15.9 Å². The Bertz CT molecular complexity index is 528. The fourth-order valence-electron chi connectivity index (χ4n) is 1.94. The molecule has 2 aromatic carbocycles. The summed E-state index contributed by atoms with van der Waals surface area (Å²) in [5.74, 6) is 1.31. The van der Waals surface area contributed by atoms with Crippen molar-refractivity contribution < 1.29 is 4.74 Å². The molecule has 1 atom stereocenters. The molecule has 1 unspecified atom stereocenters. The predicted octanol–water partition coefficient (Wildman–Crippen LogP) is 4.67. The molecule has 3 heteroatoms. The van der Waals surface area contributed by atoms with Gasteiger partial charge in [0.2, 0.25) is 0 Å². The van der Waals surface area contributed by atoms with Crippen LogP contribution in [0.15, 0.2) is 53.0 Å². The van der Waals surface area contributed by atoms with E-state index in [0.717, 1.165) is 22.5 Å². The highest BCUT2D eigenvalue weighted by molar-refractivity contribution is 9.10. The standard InChI is InChI=1S/C16H18BrNO/c1-12(13-6-4-3-5-7-13)11-18-14-8-9-15(17)16(10-14)19-2/h3-10,12,18H,11H2,1-2H3. The maximum atomic E-state index is 5.29. The second-order valence-corrected chi connectivity index (χ2v) is 5.40.